The first-order valence-electron chi connectivity index (χ1n) is 9.20. The number of carbonyl (C=O) groups excluding carboxylic acids is 2. The molecule has 2 amide bonds. The first kappa shape index (κ1) is 17.7. The Hall–Kier alpha value is -2.68. The fourth-order valence-electron chi connectivity index (χ4n) is 3.33. The molecule has 1 aliphatic heterocycles. The Bertz CT molecular complexity index is 854. The van der Waals surface area contributed by atoms with Gasteiger partial charge >= 0.3 is 0 Å². The molecule has 0 aromatic carbocycles. The van der Waals surface area contributed by atoms with E-state index in [1.807, 2.05) is 11.5 Å². The number of hydrogen-bond donors (Lipinski definition) is 1. The van der Waals surface area contributed by atoms with E-state index < -0.39 is 0 Å². The fraction of sp³-hybridized carbons (Fsp3) is 0.556. The summed E-state index contributed by atoms with van der Waals surface area (Å²) in [5.41, 5.74) is 0.681. The number of aromatic nitrogens is 3. The van der Waals surface area contributed by atoms with Gasteiger partial charge < -0.3 is 24.0 Å². The lowest BCUT2D eigenvalue weighted by Crippen LogP contribution is -2.41. The summed E-state index contributed by atoms with van der Waals surface area (Å²) in [7, 11) is 1.58. The van der Waals surface area contributed by atoms with Crippen molar-refractivity contribution < 1.29 is 18.8 Å². The van der Waals surface area contributed by atoms with E-state index >= 15 is 0 Å². The highest BCUT2D eigenvalue weighted by molar-refractivity contribution is 5.93. The summed E-state index contributed by atoms with van der Waals surface area (Å²) in [6, 6.07) is 1.50. The second-order valence-corrected chi connectivity index (χ2v) is 6.99. The first-order chi connectivity index (χ1) is 13.1. The molecule has 1 N–H and O–H groups in total. The standard InChI is InChI=1S/C18H23N5O4/c1-11-16-20-14(17(24)19-5-8-26-2)10-22(16)6-7-23(11)18(25)13-9-15(27-21-13)12-3-4-12/h9-12H,3-8H2,1-2H3,(H,19,24)/t11-/m0/s1. The molecular formula is C18H23N5O4. The number of rotatable bonds is 6. The molecule has 1 fully saturated rings. The van der Waals surface area contributed by atoms with Gasteiger partial charge in [-0.15, -0.1) is 0 Å². The van der Waals surface area contributed by atoms with Gasteiger partial charge in [0.25, 0.3) is 11.8 Å². The van der Waals surface area contributed by atoms with Crippen molar-refractivity contribution in [1.29, 1.82) is 0 Å². The van der Waals surface area contributed by atoms with Crippen LogP contribution in [0.4, 0.5) is 0 Å². The molecule has 3 heterocycles. The van der Waals surface area contributed by atoms with E-state index in [0.717, 1.165) is 18.6 Å². The highest BCUT2D eigenvalue weighted by atomic mass is 16.5. The normalized spacial score (nSPS) is 19.0. The smallest absolute Gasteiger partial charge is 0.276 e. The summed E-state index contributed by atoms with van der Waals surface area (Å²) in [4.78, 5) is 31.3. The van der Waals surface area contributed by atoms with E-state index in [1.54, 1.807) is 24.3 Å². The third-order valence-corrected chi connectivity index (χ3v) is 5.04. The van der Waals surface area contributed by atoms with Crippen LogP contribution in [0.2, 0.25) is 0 Å². The highest BCUT2D eigenvalue weighted by Crippen LogP contribution is 2.40. The van der Waals surface area contributed by atoms with Crippen LogP contribution in [-0.4, -0.2) is 58.2 Å². The van der Waals surface area contributed by atoms with E-state index in [9.17, 15) is 9.59 Å². The van der Waals surface area contributed by atoms with Crippen molar-refractivity contribution in [3.63, 3.8) is 0 Å². The summed E-state index contributed by atoms with van der Waals surface area (Å²) in [5, 5.41) is 6.71. The maximum absolute atomic E-state index is 12.9. The van der Waals surface area contributed by atoms with Gasteiger partial charge in [0.2, 0.25) is 0 Å². The van der Waals surface area contributed by atoms with Crippen LogP contribution in [0.25, 0.3) is 0 Å². The second kappa shape index (κ2) is 7.15. The van der Waals surface area contributed by atoms with Crippen molar-refractivity contribution in [3.05, 3.63) is 35.2 Å². The third kappa shape index (κ3) is 3.46. The zero-order valence-corrected chi connectivity index (χ0v) is 15.5. The Morgan fingerprint density at radius 3 is 2.89 bits per heavy atom. The van der Waals surface area contributed by atoms with Crippen molar-refractivity contribution in [2.75, 3.05) is 26.8 Å². The van der Waals surface area contributed by atoms with E-state index in [2.05, 4.69) is 15.5 Å². The molecular weight excluding hydrogens is 350 g/mol. The lowest BCUT2D eigenvalue weighted by molar-refractivity contribution is 0.0627. The second-order valence-electron chi connectivity index (χ2n) is 6.99. The summed E-state index contributed by atoms with van der Waals surface area (Å²) in [5.74, 6) is 1.48. The molecule has 2 aromatic rings. The van der Waals surface area contributed by atoms with E-state index in [1.165, 1.54) is 0 Å². The molecule has 4 rings (SSSR count). The zero-order valence-electron chi connectivity index (χ0n) is 15.5. The summed E-state index contributed by atoms with van der Waals surface area (Å²) in [6.07, 6.45) is 3.92. The van der Waals surface area contributed by atoms with Gasteiger partial charge in [-0.1, -0.05) is 5.16 Å². The lowest BCUT2D eigenvalue weighted by atomic mass is 10.2. The van der Waals surface area contributed by atoms with Crippen LogP contribution in [0, 0.1) is 0 Å². The summed E-state index contributed by atoms with van der Waals surface area (Å²) < 4.78 is 12.2. The van der Waals surface area contributed by atoms with Gasteiger partial charge in [-0.3, -0.25) is 9.59 Å². The summed E-state index contributed by atoms with van der Waals surface area (Å²) in [6.45, 7) is 3.88. The van der Waals surface area contributed by atoms with Crippen LogP contribution in [0.3, 0.4) is 0 Å². The zero-order chi connectivity index (χ0) is 19.0. The molecule has 0 spiro atoms. The van der Waals surface area contributed by atoms with Crippen LogP contribution >= 0.6 is 0 Å². The molecule has 9 heteroatoms. The van der Waals surface area contributed by atoms with Crippen molar-refractivity contribution in [2.24, 2.45) is 0 Å². The van der Waals surface area contributed by atoms with Gasteiger partial charge in [0.05, 0.1) is 12.6 Å². The number of hydrogen-bond acceptors (Lipinski definition) is 6. The number of imidazole rings is 1. The van der Waals surface area contributed by atoms with Gasteiger partial charge in [-0.05, 0) is 19.8 Å². The minimum Gasteiger partial charge on any atom is -0.383 e. The van der Waals surface area contributed by atoms with E-state index in [0.29, 0.717) is 49.4 Å². The molecule has 27 heavy (non-hydrogen) atoms. The molecule has 1 aliphatic carbocycles. The van der Waals surface area contributed by atoms with Crippen LogP contribution in [0.15, 0.2) is 16.8 Å². The number of nitrogens with zero attached hydrogens (tertiary/aromatic N) is 4. The predicted octanol–water partition coefficient (Wildman–Crippen LogP) is 1.34. The SMILES string of the molecule is COCCNC(=O)c1cn2c(n1)[C@H](C)N(C(=O)c1cc(C3CC3)on1)CC2. The monoisotopic (exact) mass is 373 g/mol. The number of amides is 2. The van der Waals surface area contributed by atoms with Gasteiger partial charge in [-0.25, -0.2) is 4.98 Å². The lowest BCUT2D eigenvalue weighted by Gasteiger charge is -2.33. The Balaban J connectivity index is 1.47. The average Bonchev–Trinajstić information content (AvgIpc) is 3.22. The molecule has 144 valence electrons. The van der Waals surface area contributed by atoms with Gasteiger partial charge in [0, 0.05) is 44.9 Å². The first-order valence-corrected chi connectivity index (χ1v) is 9.20. The van der Waals surface area contributed by atoms with Crippen LogP contribution in [0.1, 0.15) is 64.3 Å². The Morgan fingerprint density at radius 2 is 2.15 bits per heavy atom. The topological polar surface area (TPSA) is 102 Å². The number of methoxy groups -OCH3 is 1. The molecule has 2 aromatic heterocycles. The molecule has 2 aliphatic rings. The molecule has 0 radical (unpaired) electrons. The molecule has 9 nitrogen and oxygen atoms in total. The van der Waals surface area contributed by atoms with Crippen molar-refractivity contribution >= 4 is 11.8 Å². The minimum atomic E-state index is -0.257. The molecule has 0 bridgehead atoms. The van der Waals surface area contributed by atoms with Gasteiger partial charge in [0.1, 0.15) is 17.3 Å². The predicted molar refractivity (Wildman–Crippen MR) is 94.4 cm³/mol. The largest absolute Gasteiger partial charge is 0.383 e. The molecule has 0 saturated heterocycles. The van der Waals surface area contributed by atoms with Crippen LogP contribution in [0.5, 0.6) is 0 Å². The van der Waals surface area contributed by atoms with Crippen LogP contribution < -0.4 is 5.32 Å². The highest BCUT2D eigenvalue weighted by Gasteiger charge is 2.34. The quantitative estimate of drug-likeness (QED) is 0.767. The number of nitrogens with one attached hydrogen (secondary N) is 1. The number of ether oxygens (including phenoxy) is 1. The third-order valence-electron chi connectivity index (χ3n) is 5.04. The van der Waals surface area contributed by atoms with Crippen molar-refractivity contribution in [1.82, 2.24) is 24.9 Å². The molecule has 0 unspecified atom stereocenters. The van der Waals surface area contributed by atoms with Gasteiger partial charge in [0.15, 0.2) is 5.69 Å². The number of carbonyl (C=O) groups is 2. The molecule has 1 atom stereocenters. The Kier molecular flexibility index (Phi) is 4.69. The van der Waals surface area contributed by atoms with Crippen molar-refractivity contribution in [3.8, 4) is 0 Å². The Morgan fingerprint density at radius 1 is 1.33 bits per heavy atom. The van der Waals surface area contributed by atoms with Gasteiger partial charge in [-0.2, -0.15) is 0 Å². The average molecular weight is 373 g/mol. The molecule has 1 saturated carbocycles. The fourth-order valence-corrected chi connectivity index (χ4v) is 3.33. The maximum atomic E-state index is 12.9. The van der Waals surface area contributed by atoms with E-state index in [4.69, 9.17) is 9.26 Å². The number of fused-ring (bicyclic) bond motifs is 1. The van der Waals surface area contributed by atoms with Crippen molar-refractivity contribution in [2.45, 2.75) is 38.3 Å². The summed E-state index contributed by atoms with van der Waals surface area (Å²) >= 11 is 0. The maximum Gasteiger partial charge on any atom is 0.276 e. The van der Waals surface area contributed by atoms with Crippen LogP contribution in [-0.2, 0) is 11.3 Å². The minimum absolute atomic E-state index is 0.168. The van der Waals surface area contributed by atoms with E-state index in [-0.39, 0.29) is 17.9 Å². The Labute approximate surface area is 156 Å².